The lowest BCUT2D eigenvalue weighted by molar-refractivity contribution is -0.778. The van der Waals surface area contributed by atoms with E-state index in [0.717, 1.165) is 74.1 Å². The van der Waals surface area contributed by atoms with Gasteiger partial charge in [-0.25, -0.2) is 42.8 Å². The van der Waals surface area contributed by atoms with E-state index in [2.05, 4.69) is 205 Å². The first-order valence-corrected chi connectivity index (χ1v) is 43.7. The molecule has 4 aromatic heterocycles. The number of hydrogen-bond acceptors (Lipinski definition) is 24. The summed E-state index contributed by atoms with van der Waals surface area (Å²) < 4.78 is 316. The summed E-state index contributed by atoms with van der Waals surface area (Å²) in [5.74, 6) is 2.52. The lowest BCUT2D eigenvalue weighted by Crippen LogP contribution is -2.43. The third-order valence-corrected chi connectivity index (χ3v) is 18.3. The smallest absolute Gasteiger partial charge is 0.485 e. The molecule has 8 aromatic rings. The van der Waals surface area contributed by atoms with Gasteiger partial charge in [0.25, 0.3) is 0 Å². The number of benzene rings is 4. The number of pyridine rings is 4. The van der Waals surface area contributed by atoms with Crippen LogP contribution in [0.3, 0.4) is 0 Å². The third kappa shape index (κ3) is 42.9. The highest BCUT2D eigenvalue weighted by Crippen LogP contribution is 2.35. The molecule has 0 amide bonds. The van der Waals surface area contributed by atoms with Crippen molar-refractivity contribution in [2.24, 2.45) is 0 Å². The minimum Gasteiger partial charge on any atom is -0.741 e. The second-order valence-electron chi connectivity index (χ2n) is 25.9. The van der Waals surface area contributed by atoms with Crippen LogP contribution in [-0.4, -0.2) is 180 Å². The SMILES string of the molecule is CCCOCc1cc2c(cc1COCCC)OCCOCCOCCOc1cc(COCCC)c(COCCC)cc1OCCOCCOCCO2.O=S(=O)([O-])C(F)(F)F.O=S(=O)([O-])C(F)(F)F.O=S(=O)([O-])C(F)(F)F.O=S(=O)([O-])C(F)(F)F.c1ccc(C[n+]2ccc(-c3cc[n+](CC[n+]4ccc(-c5cc[n+](Cc6ccccc6)cc5)cc4)cc3)cc2)cc1. The van der Waals surface area contributed by atoms with Crippen molar-refractivity contribution in [2.75, 3.05) is 106 Å². The van der Waals surface area contributed by atoms with E-state index in [1.807, 2.05) is 24.3 Å². The highest BCUT2D eigenvalue weighted by atomic mass is 32.2. The first kappa shape index (κ1) is 107. The average molecular weight is 1860 g/mol. The van der Waals surface area contributed by atoms with Gasteiger partial charge in [-0.2, -0.15) is 61.8 Å². The summed E-state index contributed by atoms with van der Waals surface area (Å²) in [7, 11) is -24.4. The molecular weight excluding hydrogens is 1760 g/mol. The zero-order chi connectivity index (χ0) is 91.9. The van der Waals surface area contributed by atoms with Gasteiger partial charge in [-0.1, -0.05) is 88.4 Å². The summed E-state index contributed by atoms with van der Waals surface area (Å²) in [6.45, 7) is 21.2. The largest absolute Gasteiger partial charge is 0.741 e. The third-order valence-electron chi connectivity index (χ3n) is 16.0. The second kappa shape index (κ2) is 54.9. The van der Waals surface area contributed by atoms with Gasteiger partial charge in [0.15, 0.2) is 126 Å². The van der Waals surface area contributed by atoms with Crippen molar-refractivity contribution >= 4 is 40.5 Å². The Morgan fingerprint density at radius 1 is 0.298 bits per heavy atom. The molecule has 124 heavy (non-hydrogen) atoms. The highest BCUT2D eigenvalue weighted by molar-refractivity contribution is 7.87. The summed E-state index contributed by atoms with van der Waals surface area (Å²) >= 11 is 0. The molecular formula is C80H98F12N4O24S4. The van der Waals surface area contributed by atoms with Crippen LogP contribution in [0.2, 0.25) is 0 Å². The second-order valence-corrected chi connectivity index (χ2v) is 31.4. The molecule has 0 atom stereocenters. The van der Waals surface area contributed by atoms with Crippen LogP contribution in [0.25, 0.3) is 22.3 Å². The molecule has 0 unspecified atom stereocenters. The zero-order valence-electron chi connectivity index (χ0n) is 67.9. The fourth-order valence-electron chi connectivity index (χ4n) is 10.00. The van der Waals surface area contributed by atoms with Crippen molar-refractivity contribution in [1.29, 1.82) is 0 Å². The molecule has 0 bridgehead atoms. The lowest BCUT2D eigenvalue weighted by Gasteiger charge is -2.19. The Kier molecular flexibility index (Phi) is 47.6. The first-order chi connectivity index (χ1) is 58.5. The first-order valence-electron chi connectivity index (χ1n) is 38.1. The molecule has 0 spiro atoms. The molecule has 28 nitrogen and oxygen atoms in total. The Morgan fingerprint density at radius 3 is 0.669 bits per heavy atom. The van der Waals surface area contributed by atoms with Gasteiger partial charge in [-0.15, -0.1) is 0 Å². The number of alkyl halides is 12. The quantitative estimate of drug-likeness (QED) is 0.0169. The standard InChI is InChI=1S/C40H64O12.C36H34N4.4CHF3O3S/c1-5-9-45-29-33-25-37-38(26-34(33)30-46-10-6-2)50-22-18-42-15-16-44-20-24-52-40-28-36(32-48-12-8-4)35(31-47-11-7-3)27-39(40)51-23-19-43-14-13-41-17-21-49-37;1-3-7-31(8-4-1)29-39-23-15-35(16-24-39)33-11-19-37(20-12-33)27-28-38-21-13-34(14-22-38)36-17-25-40(26-18-36)30-32-9-5-2-6-10-32;4*2-1(3,4)8(5,6)7/h25-28H,5-24,29-32H2,1-4H3;1-26H,27-30H2;4*(H,5,6,7)/q;+4;;;;/p-4. The van der Waals surface area contributed by atoms with E-state index in [1.165, 1.54) is 33.4 Å². The Bertz CT molecular complexity index is 4350. The molecule has 0 N–H and O–H groups in total. The Labute approximate surface area is 712 Å². The molecule has 1 aliphatic rings. The number of rotatable bonds is 25. The van der Waals surface area contributed by atoms with E-state index in [0.29, 0.717) is 155 Å². The average Bonchev–Trinajstić information content (AvgIpc) is 0.819. The molecule has 44 heteroatoms. The summed E-state index contributed by atoms with van der Waals surface area (Å²) in [5, 5.41) is 0. The van der Waals surface area contributed by atoms with Crippen molar-refractivity contribution in [2.45, 2.75) is 128 Å². The van der Waals surface area contributed by atoms with Gasteiger partial charge in [-0.05, 0) is 94.5 Å². The van der Waals surface area contributed by atoms with Crippen molar-refractivity contribution in [1.82, 2.24) is 0 Å². The number of nitrogens with zero attached hydrogens (tertiary/aromatic N) is 4. The van der Waals surface area contributed by atoms with Crippen LogP contribution in [0.15, 0.2) is 183 Å². The minimum absolute atomic E-state index is 0.348. The number of fused-ring (bicyclic) bond motifs is 2. The maximum Gasteiger partial charge on any atom is 0.485 e. The Morgan fingerprint density at radius 2 is 0.484 bits per heavy atom. The number of halogens is 12. The van der Waals surface area contributed by atoms with Gasteiger partial charge >= 0.3 is 22.0 Å². The summed E-state index contributed by atoms with van der Waals surface area (Å²) in [6.07, 6.45) is 21.1. The molecule has 9 rings (SSSR count). The Hall–Kier alpha value is -8.84. The van der Waals surface area contributed by atoms with Crippen molar-refractivity contribution in [3.8, 4) is 45.3 Å². The van der Waals surface area contributed by atoms with Crippen LogP contribution >= 0.6 is 0 Å². The van der Waals surface area contributed by atoms with Crippen molar-refractivity contribution in [3.05, 3.63) is 216 Å². The lowest BCUT2D eigenvalue weighted by atomic mass is 10.1. The van der Waals surface area contributed by atoms with E-state index >= 15 is 0 Å². The molecule has 4 aromatic carbocycles. The zero-order valence-corrected chi connectivity index (χ0v) is 71.1. The van der Waals surface area contributed by atoms with Gasteiger partial charge in [0, 0.05) is 86.1 Å². The molecule has 690 valence electrons. The van der Waals surface area contributed by atoms with Crippen molar-refractivity contribution < 1.29 is 180 Å². The Balaban J connectivity index is 0.000000388. The summed E-state index contributed by atoms with van der Waals surface area (Å²) in [4.78, 5) is 0. The predicted octanol–water partition coefficient (Wildman–Crippen LogP) is 11.9. The number of aromatic nitrogens is 4. The molecule has 1 aliphatic heterocycles. The topological polar surface area (TPSA) is 355 Å². The maximum absolute atomic E-state index is 10.7. The van der Waals surface area contributed by atoms with Crippen LogP contribution in [0.4, 0.5) is 52.7 Å². The summed E-state index contributed by atoms with van der Waals surface area (Å²) in [6, 6.07) is 46.6. The highest BCUT2D eigenvalue weighted by Gasteiger charge is 2.39. The molecule has 0 aliphatic carbocycles. The molecule has 0 saturated heterocycles. The normalized spacial score (nSPS) is 13.8. The van der Waals surface area contributed by atoms with Gasteiger partial charge in [0.1, 0.15) is 26.4 Å². The summed E-state index contributed by atoms with van der Waals surface area (Å²) in [5.41, 5.74) is -11.0. The van der Waals surface area contributed by atoms with E-state index < -0.39 is 62.5 Å². The predicted molar refractivity (Wildman–Crippen MR) is 417 cm³/mol. The van der Waals surface area contributed by atoms with Crippen LogP contribution in [0.1, 0.15) is 86.8 Å². The van der Waals surface area contributed by atoms with Crippen molar-refractivity contribution in [3.63, 3.8) is 0 Å². The van der Waals surface area contributed by atoms with E-state index in [4.69, 9.17) is 109 Å². The number of aryl methyl sites for hydroxylation is 2. The number of ether oxygens (including phenoxy) is 12. The molecule has 0 radical (unpaired) electrons. The van der Waals surface area contributed by atoms with Crippen LogP contribution in [0, 0.1) is 0 Å². The van der Waals surface area contributed by atoms with Gasteiger partial charge in [0.05, 0.1) is 79.3 Å². The van der Waals surface area contributed by atoms with Crippen LogP contribution in [0.5, 0.6) is 23.0 Å². The monoisotopic (exact) mass is 1850 g/mol. The minimum atomic E-state index is -6.09. The van der Waals surface area contributed by atoms with Gasteiger partial charge in [-0.3, -0.25) is 0 Å². The van der Waals surface area contributed by atoms with Gasteiger partial charge < -0.3 is 75.1 Å². The number of hydrogen-bond donors (Lipinski definition) is 0. The molecule has 5 heterocycles. The molecule has 0 saturated carbocycles. The van der Waals surface area contributed by atoms with Crippen LogP contribution < -0.4 is 37.2 Å². The fraction of sp³-hybridized carbons (Fsp3) is 0.450. The molecule has 0 fully saturated rings. The maximum atomic E-state index is 10.7. The fourth-order valence-corrected chi connectivity index (χ4v) is 10.00. The van der Waals surface area contributed by atoms with E-state index in [9.17, 15) is 52.7 Å². The van der Waals surface area contributed by atoms with Crippen LogP contribution in [-0.2, 0) is 131 Å². The van der Waals surface area contributed by atoms with Gasteiger partial charge in [0.2, 0.25) is 13.1 Å². The van der Waals surface area contributed by atoms with E-state index in [-0.39, 0.29) is 0 Å². The van der Waals surface area contributed by atoms with E-state index in [1.54, 1.807) is 0 Å².